The predicted octanol–water partition coefficient (Wildman–Crippen LogP) is 2.61. The Balaban J connectivity index is 2.62. The zero-order chi connectivity index (χ0) is 15.3. The molecule has 0 aliphatic carbocycles. The molecule has 0 aromatic heterocycles. The van der Waals surface area contributed by atoms with Crippen molar-refractivity contribution >= 4 is 17.7 Å². The first-order valence-corrected chi connectivity index (χ1v) is 6.35. The maximum atomic E-state index is 13.5. The largest absolute Gasteiger partial charge is 0.481 e. The number of rotatable bonds is 5. The fourth-order valence-electron chi connectivity index (χ4n) is 1.76. The summed E-state index contributed by atoms with van der Waals surface area (Å²) < 4.78 is 13.5. The van der Waals surface area contributed by atoms with Gasteiger partial charge in [0.1, 0.15) is 5.82 Å². The lowest BCUT2D eigenvalue weighted by molar-refractivity contribution is -0.142. The Morgan fingerprint density at radius 3 is 2.50 bits per heavy atom. The van der Waals surface area contributed by atoms with Crippen molar-refractivity contribution in [2.24, 2.45) is 11.8 Å². The van der Waals surface area contributed by atoms with Gasteiger partial charge in [-0.15, -0.1) is 0 Å². The van der Waals surface area contributed by atoms with E-state index in [1.807, 2.05) is 0 Å². The minimum Gasteiger partial charge on any atom is -0.481 e. The van der Waals surface area contributed by atoms with Gasteiger partial charge in [-0.05, 0) is 24.5 Å². The van der Waals surface area contributed by atoms with Crippen LogP contribution in [0.3, 0.4) is 0 Å². The van der Waals surface area contributed by atoms with Crippen molar-refractivity contribution in [1.29, 1.82) is 0 Å². The summed E-state index contributed by atoms with van der Waals surface area (Å²) >= 11 is 0. The van der Waals surface area contributed by atoms with Gasteiger partial charge in [0, 0.05) is 6.54 Å². The van der Waals surface area contributed by atoms with Crippen LogP contribution in [-0.2, 0) is 4.79 Å². The number of hydrogen-bond donors (Lipinski definition) is 3. The number of aryl methyl sites for hydroxylation is 1. The van der Waals surface area contributed by atoms with Crippen LogP contribution in [0.25, 0.3) is 0 Å². The monoisotopic (exact) mass is 282 g/mol. The van der Waals surface area contributed by atoms with Crippen LogP contribution < -0.4 is 10.6 Å². The molecule has 0 bridgehead atoms. The van der Waals surface area contributed by atoms with Crippen molar-refractivity contribution in [3.05, 3.63) is 29.6 Å². The number of anilines is 1. The normalized spacial score (nSPS) is 12.1. The Morgan fingerprint density at radius 1 is 1.35 bits per heavy atom. The molecule has 1 aromatic rings. The van der Waals surface area contributed by atoms with E-state index in [1.165, 1.54) is 6.07 Å². The van der Waals surface area contributed by atoms with Crippen LogP contribution in [0, 0.1) is 24.6 Å². The number of amides is 2. The van der Waals surface area contributed by atoms with Gasteiger partial charge in [0.05, 0.1) is 11.6 Å². The van der Waals surface area contributed by atoms with E-state index in [4.69, 9.17) is 5.11 Å². The fourth-order valence-corrected chi connectivity index (χ4v) is 1.76. The number of nitrogens with one attached hydrogen (secondary N) is 2. The molecule has 2 amide bonds. The van der Waals surface area contributed by atoms with E-state index >= 15 is 0 Å². The third-order valence-corrected chi connectivity index (χ3v) is 3.06. The third-order valence-electron chi connectivity index (χ3n) is 3.06. The number of benzene rings is 1. The average molecular weight is 282 g/mol. The molecule has 0 radical (unpaired) electrons. The van der Waals surface area contributed by atoms with E-state index in [9.17, 15) is 14.0 Å². The highest BCUT2D eigenvalue weighted by Gasteiger charge is 2.22. The summed E-state index contributed by atoms with van der Waals surface area (Å²) in [7, 11) is 0. The smallest absolute Gasteiger partial charge is 0.319 e. The van der Waals surface area contributed by atoms with Gasteiger partial charge in [-0.3, -0.25) is 4.79 Å². The van der Waals surface area contributed by atoms with Crippen molar-refractivity contribution in [2.75, 3.05) is 11.9 Å². The second-order valence-electron chi connectivity index (χ2n) is 4.96. The molecule has 0 aliphatic heterocycles. The van der Waals surface area contributed by atoms with Gasteiger partial charge in [0.25, 0.3) is 0 Å². The highest BCUT2D eigenvalue weighted by atomic mass is 19.1. The summed E-state index contributed by atoms with van der Waals surface area (Å²) in [5.74, 6) is -2.29. The Hall–Kier alpha value is -2.11. The molecule has 20 heavy (non-hydrogen) atoms. The van der Waals surface area contributed by atoms with Crippen LogP contribution in [0.1, 0.15) is 19.4 Å². The molecule has 3 N–H and O–H groups in total. The minimum atomic E-state index is -0.970. The Labute approximate surface area is 117 Å². The van der Waals surface area contributed by atoms with Crippen LogP contribution in [0.5, 0.6) is 0 Å². The van der Waals surface area contributed by atoms with Crippen LogP contribution in [0.4, 0.5) is 14.9 Å². The number of carboxylic acid groups (broad SMARTS) is 1. The van der Waals surface area contributed by atoms with Gasteiger partial charge in [0.15, 0.2) is 0 Å². The van der Waals surface area contributed by atoms with Crippen LogP contribution >= 0.6 is 0 Å². The summed E-state index contributed by atoms with van der Waals surface area (Å²) in [6.07, 6.45) is 0. The van der Waals surface area contributed by atoms with E-state index in [2.05, 4.69) is 10.6 Å². The van der Waals surface area contributed by atoms with Crippen molar-refractivity contribution in [3.8, 4) is 0 Å². The molecule has 0 saturated carbocycles. The summed E-state index contributed by atoms with van der Waals surface area (Å²) in [4.78, 5) is 22.7. The SMILES string of the molecule is Cc1cccc(F)c1NC(=O)NCC(C(=O)O)C(C)C. The molecule has 0 saturated heterocycles. The Bertz CT molecular complexity index is 483. The van der Waals surface area contributed by atoms with Crippen LogP contribution in [0.2, 0.25) is 0 Å². The second-order valence-corrected chi connectivity index (χ2v) is 4.96. The molecule has 0 heterocycles. The first-order valence-electron chi connectivity index (χ1n) is 6.35. The highest BCUT2D eigenvalue weighted by Crippen LogP contribution is 2.18. The molecule has 110 valence electrons. The Kier molecular flexibility index (Phi) is 5.49. The van der Waals surface area contributed by atoms with Crippen LogP contribution in [0.15, 0.2) is 18.2 Å². The molecule has 1 rings (SSSR count). The number of para-hydroxylation sites is 1. The molecule has 1 unspecified atom stereocenters. The number of halogens is 1. The lowest BCUT2D eigenvalue weighted by atomic mass is 9.96. The summed E-state index contributed by atoms with van der Waals surface area (Å²) in [5, 5.41) is 13.8. The first kappa shape index (κ1) is 15.9. The van der Waals surface area contributed by atoms with Crippen LogP contribution in [-0.4, -0.2) is 23.7 Å². The zero-order valence-corrected chi connectivity index (χ0v) is 11.7. The third kappa shape index (κ3) is 4.22. The quantitative estimate of drug-likeness (QED) is 0.776. The summed E-state index contributed by atoms with van der Waals surface area (Å²) in [5.41, 5.74) is 0.695. The molecule has 6 heteroatoms. The van der Waals surface area contributed by atoms with E-state index in [0.717, 1.165) is 0 Å². The van der Waals surface area contributed by atoms with Gasteiger partial charge in [-0.25, -0.2) is 9.18 Å². The fraction of sp³-hybridized carbons (Fsp3) is 0.429. The van der Waals surface area contributed by atoms with Gasteiger partial charge in [0.2, 0.25) is 0 Å². The van der Waals surface area contributed by atoms with Crippen molar-refractivity contribution in [1.82, 2.24) is 5.32 Å². The summed E-state index contributed by atoms with van der Waals surface area (Å²) in [6.45, 7) is 5.19. The molecule has 0 aliphatic rings. The topological polar surface area (TPSA) is 78.4 Å². The number of carbonyl (C=O) groups is 2. The van der Waals surface area contributed by atoms with Crippen molar-refractivity contribution in [3.63, 3.8) is 0 Å². The molecule has 1 atom stereocenters. The molecular formula is C14H19FN2O3. The van der Waals surface area contributed by atoms with E-state index < -0.39 is 23.7 Å². The van der Waals surface area contributed by atoms with E-state index in [-0.39, 0.29) is 18.2 Å². The Morgan fingerprint density at radius 2 is 2.00 bits per heavy atom. The molecule has 1 aromatic carbocycles. The molecule has 0 fully saturated rings. The number of carbonyl (C=O) groups excluding carboxylic acids is 1. The van der Waals surface area contributed by atoms with Gasteiger partial charge in [-0.2, -0.15) is 0 Å². The maximum Gasteiger partial charge on any atom is 0.319 e. The number of hydrogen-bond acceptors (Lipinski definition) is 2. The standard InChI is InChI=1S/C14H19FN2O3/c1-8(2)10(13(18)19)7-16-14(20)17-12-9(3)5-4-6-11(12)15/h4-6,8,10H,7H2,1-3H3,(H,18,19)(H2,16,17,20). The maximum absolute atomic E-state index is 13.5. The number of aliphatic carboxylic acids is 1. The second kappa shape index (κ2) is 6.88. The number of carboxylic acids is 1. The number of urea groups is 1. The van der Waals surface area contributed by atoms with Gasteiger partial charge >= 0.3 is 12.0 Å². The van der Waals surface area contributed by atoms with Gasteiger partial charge in [-0.1, -0.05) is 26.0 Å². The summed E-state index contributed by atoms with van der Waals surface area (Å²) in [6, 6.07) is 3.85. The first-order chi connectivity index (χ1) is 9.32. The lowest BCUT2D eigenvalue weighted by Gasteiger charge is -2.17. The highest BCUT2D eigenvalue weighted by molar-refractivity contribution is 5.90. The predicted molar refractivity (Wildman–Crippen MR) is 74.1 cm³/mol. The minimum absolute atomic E-state index is 0.00761. The van der Waals surface area contributed by atoms with Gasteiger partial charge < -0.3 is 15.7 Å². The van der Waals surface area contributed by atoms with E-state index in [0.29, 0.717) is 5.56 Å². The zero-order valence-electron chi connectivity index (χ0n) is 11.7. The molecular weight excluding hydrogens is 263 g/mol. The van der Waals surface area contributed by atoms with E-state index in [1.54, 1.807) is 32.9 Å². The van der Waals surface area contributed by atoms with Crippen molar-refractivity contribution < 1.29 is 19.1 Å². The van der Waals surface area contributed by atoms with Crippen molar-refractivity contribution in [2.45, 2.75) is 20.8 Å². The molecule has 0 spiro atoms. The average Bonchev–Trinajstić information content (AvgIpc) is 2.33. The molecule has 5 nitrogen and oxygen atoms in total. The lowest BCUT2D eigenvalue weighted by Crippen LogP contribution is -2.38.